The number of rotatable bonds is 9. The Morgan fingerprint density at radius 1 is 1.39 bits per heavy atom. The van der Waals surface area contributed by atoms with Gasteiger partial charge in [-0.1, -0.05) is 6.92 Å². The van der Waals surface area contributed by atoms with Crippen molar-refractivity contribution in [1.82, 2.24) is 9.97 Å². The van der Waals surface area contributed by atoms with Crippen LogP contribution in [0.3, 0.4) is 0 Å². The smallest absolute Gasteiger partial charge is 0.224 e. The molecule has 1 unspecified atom stereocenters. The van der Waals surface area contributed by atoms with Crippen LogP contribution in [0.5, 0.6) is 0 Å². The Kier molecular flexibility index (Phi) is 7.05. The Bertz CT molecular complexity index is 336. The van der Waals surface area contributed by atoms with Gasteiger partial charge >= 0.3 is 0 Å². The molecule has 0 aliphatic rings. The first-order valence-electron chi connectivity index (χ1n) is 6.24. The van der Waals surface area contributed by atoms with Crippen LogP contribution in [0.15, 0.2) is 12.3 Å². The summed E-state index contributed by atoms with van der Waals surface area (Å²) < 4.78 is 4.86. The molecule has 0 fully saturated rings. The number of hydrogen-bond acceptors (Lipinski definition) is 6. The van der Waals surface area contributed by atoms with E-state index in [4.69, 9.17) is 4.74 Å². The Morgan fingerprint density at radius 3 is 2.94 bits per heavy atom. The van der Waals surface area contributed by atoms with Crippen molar-refractivity contribution >= 4 is 11.8 Å². The third-order valence-corrected chi connectivity index (χ3v) is 2.33. The molecule has 6 heteroatoms. The molecule has 0 saturated heterocycles. The van der Waals surface area contributed by atoms with E-state index in [-0.39, 0.29) is 0 Å². The maximum absolute atomic E-state index is 9.49. The predicted molar refractivity (Wildman–Crippen MR) is 71.8 cm³/mol. The van der Waals surface area contributed by atoms with Crippen LogP contribution in [0, 0.1) is 0 Å². The highest BCUT2D eigenvalue weighted by Gasteiger charge is 2.03. The highest BCUT2D eigenvalue weighted by atomic mass is 16.5. The fourth-order valence-electron chi connectivity index (χ4n) is 1.42. The van der Waals surface area contributed by atoms with E-state index in [1.54, 1.807) is 19.4 Å². The van der Waals surface area contributed by atoms with Crippen LogP contribution in [0.4, 0.5) is 11.8 Å². The van der Waals surface area contributed by atoms with Crippen molar-refractivity contribution in [3.63, 3.8) is 0 Å². The van der Waals surface area contributed by atoms with Gasteiger partial charge in [0.15, 0.2) is 0 Å². The van der Waals surface area contributed by atoms with Crippen LogP contribution in [-0.4, -0.2) is 48.0 Å². The molecule has 1 heterocycles. The minimum absolute atomic E-state index is 0.356. The highest BCUT2D eigenvalue weighted by molar-refractivity contribution is 5.39. The van der Waals surface area contributed by atoms with Gasteiger partial charge in [-0.25, -0.2) is 4.98 Å². The van der Waals surface area contributed by atoms with E-state index in [0.29, 0.717) is 25.5 Å². The Hall–Kier alpha value is -1.40. The zero-order valence-electron chi connectivity index (χ0n) is 11.0. The lowest BCUT2D eigenvalue weighted by molar-refractivity contribution is 0.0615. The quantitative estimate of drug-likeness (QED) is 0.612. The molecule has 1 atom stereocenters. The fraction of sp³-hybridized carbons (Fsp3) is 0.667. The lowest BCUT2D eigenvalue weighted by Crippen LogP contribution is -2.18. The van der Waals surface area contributed by atoms with E-state index in [2.05, 4.69) is 27.5 Å². The zero-order valence-corrected chi connectivity index (χ0v) is 11.0. The van der Waals surface area contributed by atoms with Gasteiger partial charge in [-0.15, -0.1) is 0 Å². The van der Waals surface area contributed by atoms with Crippen molar-refractivity contribution in [3.8, 4) is 0 Å². The number of nitrogens with zero attached hydrogens (tertiary/aromatic N) is 2. The average Bonchev–Trinajstić information content (AvgIpc) is 2.37. The number of nitrogens with one attached hydrogen (secondary N) is 2. The molecule has 102 valence electrons. The van der Waals surface area contributed by atoms with Crippen LogP contribution in [0.25, 0.3) is 0 Å². The molecule has 18 heavy (non-hydrogen) atoms. The van der Waals surface area contributed by atoms with Crippen molar-refractivity contribution < 1.29 is 9.84 Å². The number of methoxy groups -OCH3 is 1. The maximum Gasteiger partial charge on any atom is 0.224 e. The zero-order chi connectivity index (χ0) is 13.2. The van der Waals surface area contributed by atoms with Gasteiger partial charge < -0.3 is 20.5 Å². The third-order valence-electron chi connectivity index (χ3n) is 2.33. The van der Waals surface area contributed by atoms with Gasteiger partial charge in [0.25, 0.3) is 0 Å². The first-order chi connectivity index (χ1) is 8.76. The molecule has 1 aromatic heterocycles. The Balaban J connectivity index is 2.33. The summed E-state index contributed by atoms with van der Waals surface area (Å²) >= 11 is 0. The number of aliphatic hydroxyl groups excluding tert-OH is 1. The lowest BCUT2D eigenvalue weighted by Gasteiger charge is -2.11. The summed E-state index contributed by atoms with van der Waals surface area (Å²) in [5.74, 6) is 1.38. The lowest BCUT2D eigenvalue weighted by atomic mass is 10.2. The summed E-state index contributed by atoms with van der Waals surface area (Å²) in [4.78, 5) is 8.42. The van der Waals surface area contributed by atoms with Crippen molar-refractivity contribution in [1.29, 1.82) is 0 Å². The number of anilines is 2. The number of aromatic nitrogens is 2. The van der Waals surface area contributed by atoms with E-state index in [1.807, 2.05) is 0 Å². The van der Waals surface area contributed by atoms with Gasteiger partial charge in [0, 0.05) is 26.4 Å². The van der Waals surface area contributed by atoms with E-state index in [1.165, 1.54) is 0 Å². The summed E-state index contributed by atoms with van der Waals surface area (Å²) in [6.45, 7) is 3.95. The minimum Gasteiger partial charge on any atom is -0.391 e. The molecule has 0 amide bonds. The van der Waals surface area contributed by atoms with Crippen LogP contribution in [0.1, 0.15) is 19.8 Å². The number of aliphatic hydroxyl groups is 1. The van der Waals surface area contributed by atoms with E-state index in [0.717, 1.165) is 18.8 Å². The van der Waals surface area contributed by atoms with Crippen LogP contribution in [-0.2, 0) is 4.74 Å². The molecule has 1 aromatic rings. The molecule has 0 spiro atoms. The highest BCUT2D eigenvalue weighted by Crippen LogP contribution is 2.06. The van der Waals surface area contributed by atoms with Crippen LogP contribution in [0.2, 0.25) is 0 Å². The van der Waals surface area contributed by atoms with Gasteiger partial charge in [0.05, 0.1) is 12.7 Å². The molecule has 0 saturated carbocycles. The summed E-state index contributed by atoms with van der Waals surface area (Å²) in [5, 5.41) is 15.8. The standard InChI is InChI=1S/C12H22N4O2/c1-3-6-14-12-15-8-5-11(16-12)13-7-4-10(17)9-18-2/h5,8,10,17H,3-4,6-7,9H2,1-2H3,(H2,13,14,15,16). The minimum atomic E-state index is -0.443. The van der Waals surface area contributed by atoms with Gasteiger partial charge in [-0.05, 0) is 18.9 Å². The predicted octanol–water partition coefficient (Wildman–Crippen LogP) is 1.11. The van der Waals surface area contributed by atoms with E-state index < -0.39 is 6.10 Å². The molecular weight excluding hydrogens is 232 g/mol. The topological polar surface area (TPSA) is 79.3 Å². The largest absolute Gasteiger partial charge is 0.391 e. The Labute approximate surface area is 108 Å². The van der Waals surface area contributed by atoms with Crippen molar-refractivity contribution in [2.24, 2.45) is 0 Å². The van der Waals surface area contributed by atoms with Gasteiger partial charge in [-0.3, -0.25) is 0 Å². The first kappa shape index (κ1) is 14.7. The van der Waals surface area contributed by atoms with Crippen molar-refractivity contribution in [3.05, 3.63) is 12.3 Å². The van der Waals surface area contributed by atoms with Gasteiger partial charge in [-0.2, -0.15) is 4.98 Å². The average molecular weight is 254 g/mol. The molecule has 0 radical (unpaired) electrons. The summed E-state index contributed by atoms with van der Waals surface area (Å²) in [7, 11) is 1.58. The fourth-order valence-corrected chi connectivity index (χ4v) is 1.42. The van der Waals surface area contributed by atoms with Crippen molar-refractivity contribution in [2.45, 2.75) is 25.9 Å². The summed E-state index contributed by atoms with van der Waals surface area (Å²) in [5.41, 5.74) is 0. The summed E-state index contributed by atoms with van der Waals surface area (Å²) in [6.07, 6.45) is 2.92. The van der Waals surface area contributed by atoms with Crippen molar-refractivity contribution in [2.75, 3.05) is 37.4 Å². The van der Waals surface area contributed by atoms with Crippen LogP contribution < -0.4 is 10.6 Å². The maximum atomic E-state index is 9.49. The number of hydrogen-bond donors (Lipinski definition) is 3. The molecule has 0 bridgehead atoms. The molecule has 1 rings (SSSR count). The second-order valence-electron chi connectivity index (χ2n) is 4.02. The molecule has 0 aliphatic heterocycles. The normalized spacial score (nSPS) is 12.2. The molecule has 0 aliphatic carbocycles. The second kappa shape index (κ2) is 8.66. The summed E-state index contributed by atoms with van der Waals surface area (Å²) in [6, 6.07) is 1.81. The monoisotopic (exact) mass is 254 g/mol. The molecular formula is C12H22N4O2. The van der Waals surface area contributed by atoms with Crippen LogP contribution >= 0.6 is 0 Å². The third kappa shape index (κ3) is 5.79. The van der Waals surface area contributed by atoms with E-state index >= 15 is 0 Å². The number of ether oxygens (including phenoxy) is 1. The van der Waals surface area contributed by atoms with Gasteiger partial charge in [0.2, 0.25) is 5.95 Å². The molecule has 6 nitrogen and oxygen atoms in total. The SMILES string of the molecule is CCCNc1nccc(NCCC(O)COC)n1. The molecule has 0 aromatic carbocycles. The Morgan fingerprint density at radius 2 is 2.22 bits per heavy atom. The van der Waals surface area contributed by atoms with Gasteiger partial charge in [0.1, 0.15) is 5.82 Å². The molecule has 3 N–H and O–H groups in total. The van der Waals surface area contributed by atoms with E-state index in [9.17, 15) is 5.11 Å². The first-order valence-corrected chi connectivity index (χ1v) is 6.24. The second-order valence-corrected chi connectivity index (χ2v) is 4.02.